The summed E-state index contributed by atoms with van der Waals surface area (Å²) < 4.78 is 0. The lowest BCUT2D eigenvalue weighted by Crippen LogP contribution is -2.41. The van der Waals surface area contributed by atoms with Crippen molar-refractivity contribution in [2.75, 3.05) is 11.9 Å². The van der Waals surface area contributed by atoms with Gasteiger partial charge in [0.05, 0.1) is 0 Å². The molecule has 2 rings (SSSR count). The molecule has 1 aliphatic rings. The summed E-state index contributed by atoms with van der Waals surface area (Å²) in [5, 5.41) is 3.40. The molecule has 5 heteroatoms. The molecule has 1 saturated heterocycles. The number of hydrogen-bond acceptors (Lipinski definition) is 2. The smallest absolute Gasteiger partial charge is 0.324 e. The molecule has 19 heavy (non-hydrogen) atoms. The Labute approximate surface area is 121 Å². The minimum atomic E-state index is -0.801. The average Bonchev–Trinajstić information content (AvgIpc) is 2.58. The van der Waals surface area contributed by atoms with Crippen LogP contribution in [0.5, 0.6) is 0 Å². The number of nitrogens with zero attached hydrogens (tertiary/aromatic N) is 1. The first-order chi connectivity index (χ1) is 8.95. The highest BCUT2D eigenvalue weighted by Gasteiger charge is 2.44. The molecule has 1 N–H and O–H groups in total. The van der Waals surface area contributed by atoms with E-state index < -0.39 is 5.54 Å². The number of rotatable bonds is 4. The van der Waals surface area contributed by atoms with E-state index in [1.54, 1.807) is 13.8 Å². The van der Waals surface area contributed by atoms with Crippen molar-refractivity contribution in [1.82, 2.24) is 10.2 Å². The van der Waals surface area contributed by atoms with Gasteiger partial charge in [0.15, 0.2) is 0 Å². The zero-order chi connectivity index (χ0) is 14.0. The van der Waals surface area contributed by atoms with Crippen LogP contribution >= 0.6 is 15.9 Å². The molecule has 0 radical (unpaired) electrons. The summed E-state index contributed by atoms with van der Waals surface area (Å²) in [6, 6.07) is 9.58. The summed E-state index contributed by atoms with van der Waals surface area (Å²) in [6.07, 6.45) is 0. The number of carbonyl (C=O) groups is 2. The van der Waals surface area contributed by atoms with Crippen molar-refractivity contribution in [2.45, 2.75) is 25.3 Å². The molecule has 1 aromatic rings. The largest absolute Gasteiger partial charge is 0.325 e. The van der Waals surface area contributed by atoms with Crippen LogP contribution in [0.3, 0.4) is 0 Å². The van der Waals surface area contributed by atoms with E-state index in [4.69, 9.17) is 0 Å². The van der Waals surface area contributed by atoms with Crippen LogP contribution in [0.25, 0.3) is 0 Å². The van der Waals surface area contributed by atoms with E-state index >= 15 is 0 Å². The quantitative estimate of drug-likeness (QED) is 0.683. The number of halogens is 1. The van der Waals surface area contributed by atoms with E-state index in [9.17, 15) is 9.59 Å². The second-order valence-corrected chi connectivity index (χ2v) is 5.88. The van der Waals surface area contributed by atoms with Gasteiger partial charge in [0, 0.05) is 17.8 Å². The van der Waals surface area contributed by atoms with Gasteiger partial charge in [0.25, 0.3) is 5.91 Å². The fourth-order valence-corrected chi connectivity index (χ4v) is 2.75. The molecule has 102 valence electrons. The van der Waals surface area contributed by atoms with Gasteiger partial charge in [-0.3, -0.25) is 9.69 Å². The topological polar surface area (TPSA) is 49.4 Å². The zero-order valence-electron chi connectivity index (χ0n) is 11.0. The van der Waals surface area contributed by atoms with Crippen molar-refractivity contribution in [3.63, 3.8) is 0 Å². The van der Waals surface area contributed by atoms with Crippen LogP contribution in [-0.2, 0) is 4.79 Å². The molecule has 1 unspecified atom stereocenters. The van der Waals surface area contributed by atoms with Gasteiger partial charge >= 0.3 is 6.03 Å². The molecule has 1 heterocycles. The Morgan fingerprint density at radius 2 is 1.89 bits per heavy atom. The molecule has 1 fully saturated rings. The van der Waals surface area contributed by atoms with E-state index in [0.29, 0.717) is 11.9 Å². The Balaban J connectivity index is 2.16. The number of imide groups is 1. The monoisotopic (exact) mass is 324 g/mol. The third-order valence-corrected chi connectivity index (χ3v) is 4.09. The van der Waals surface area contributed by atoms with E-state index in [2.05, 4.69) is 21.2 Å². The Hall–Kier alpha value is -1.36. The summed E-state index contributed by atoms with van der Waals surface area (Å²) in [7, 11) is 0. The number of nitrogens with one attached hydrogen (secondary N) is 1. The Morgan fingerprint density at radius 3 is 2.37 bits per heavy atom. The number of alkyl halides is 1. The Bertz CT molecular complexity index is 487. The molecule has 0 aliphatic carbocycles. The highest BCUT2D eigenvalue weighted by molar-refractivity contribution is 9.09. The van der Waals surface area contributed by atoms with Crippen LogP contribution in [0.2, 0.25) is 0 Å². The standard InChI is InChI=1S/C14H17BrN2O2/c1-14(2)12(18)17(13(19)16-14)9-11(8-15)10-6-4-3-5-7-10/h3-7,11H,8-9H2,1-2H3,(H,16,19). The van der Waals surface area contributed by atoms with Crippen molar-refractivity contribution in [3.05, 3.63) is 35.9 Å². The van der Waals surface area contributed by atoms with Gasteiger partial charge < -0.3 is 5.32 Å². The van der Waals surface area contributed by atoms with Crippen molar-refractivity contribution >= 4 is 27.9 Å². The van der Waals surface area contributed by atoms with Crippen molar-refractivity contribution in [1.29, 1.82) is 0 Å². The summed E-state index contributed by atoms with van der Waals surface area (Å²) in [4.78, 5) is 25.3. The maximum absolute atomic E-state index is 12.1. The Morgan fingerprint density at radius 1 is 1.26 bits per heavy atom. The van der Waals surface area contributed by atoms with Gasteiger partial charge in [-0.25, -0.2) is 4.79 Å². The number of hydrogen-bond donors (Lipinski definition) is 1. The Kier molecular flexibility index (Phi) is 3.94. The summed E-state index contributed by atoms with van der Waals surface area (Å²) >= 11 is 3.46. The summed E-state index contributed by atoms with van der Waals surface area (Å²) in [6.45, 7) is 3.83. The van der Waals surface area contributed by atoms with Crippen LogP contribution in [0.4, 0.5) is 4.79 Å². The molecule has 1 aliphatic heterocycles. The first kappa shape index (κ1) is 14.1. The molecule has 0 saturated carbocycles. The molecule has 3 amide bonds. The number of benzene rings is 1. The van der Waals surface area contributed by atoms with Crippen molar-refractivity contribution in [3.8, 4) is 0 Å². The summed E-state index contributed by atoms with van der Waals surface area (Å²) in [5.41, 5.74) is 0.314. The number of carbonyl (C=O) groups excluding carboxylic acids is 2. The molecular formula is C14H17BrN2O2. The predicted molar refractivity (Wildman–Crippen MR) is 77.3 cm³/mol. The maximum atomic E-state index is 12.1. The van der Waals surface area contributed by atoms with Crippen LogP contribution in [-0.4, -0.2) is 34.3 Å². The van der Waals surface area contributed by atoms with E-state index in [1.165, 1.54) is 4.90 Å². The minimum Gasteiger partial charge on any atom is -0.324 e. The van der Waals surface area contributed by atoms with E-state index in [0.717, 1.165) is 5.56 Å². The van der Waals surface area contributed by atoms with E-state index in [1.807, 2.05) is 30.3 Å². The molecule has 0 aromatic heterocycles. The second kappa shape index (κ2) is 5.33. The average molecular weight is 325 g/mol. The molecule has 1 aromatic carbocycles. The minimum absolute atomic E-state index is 0.102. The zero-order valence-corrected chi connectivity index (χ0v) is 12.6. The van der Waals surface area contributed by atoms with Crippen LogP contribution in [0.1, 0.15) is 25.3 Å². The first-order valence-electron chi connectivity index (χ1n) is 6.20. The van der Waals surface area contributed by atoms with Gasteiger partial charge in [-0.05, 0) is 19.4 Å². The van der Waals surface area contributed by atoms with Crippen molar-refractivity contribution < 1.29 is 9.59 Å². The fourth-order valence-electron chi connectivity index (χ4n) is 2.17. The third kappa shape index (κ3) is 2.81. The molecule has 0 bridgehead atoms. The van der Waals surface area contributed by atoms with Gasteiger partial charge in [-0.1, -0.05) is 46.3 Å². The normalized spacial score (nSPS) is 19.4. The van der Waals surface area contributed by atoms with Crippen LogP contribution in [0, 0.1) is 0 Å². The van der Waals surface area contributed by atoms with Crippen LogP contribution < -0.4 is 5.32 Å². The SMILES string of the molecule is CC1(C)NC(=O)N(CC(CBr)c2ccccc2)C1=O. The third-order valence-electron chi connectivity index (χ3n) is 3.30. The van der Waals surface area contributed by atoms with Crippen LogP contribution in [0.15, 0.2) is 30.3 Å². The molecular weight excluding hydrogens is 308 g/mol. The lowest BCUT2D eigenvalue weighted by Gasteiger charge is -2.21. The first-order valence-corrected chi connectivity index (χ1v) is 7.33. The van der Waals surface area contributed by atoms with Gasteiger partial charge in [-0.2, -0.15) is 0 Å². The number of urea groups is 1. The molecule has 0 spiro atoms. The van der Waals surface area contributed by atoms with Crippen molar-refractivity contribution in [2.24, 2.45) is 0 Å². The predicted octanol–water partition coefficient (Wildman–Crippen LogP) is 2.50. The fraction of sp³-hybridized carbons (Fsp3) is 0.429. The highest BCUT2D eigenvalue weighted by Crippen LogP contribution is 2.24. The lowest BCUT2D eigenvalue weighted by molar-refractivity contribution is -0.130. The van der Waals surface area contributed by atoms with Gasteiger partial charge in [0.1, 0.15) is 5.54 Å². The van der Waals surface area contributed by atoms with Gasteiger partial charge in [-0.15, -0.1) is 0 Å². The van der Waals surface area contributed by atoms with Gasteiger partial charge in [0.2, 0.25) is 0 Å². The number of amides is 3. The maximum Gasteiger partial charge on any atom is 0.325 e. The summed E-state index contributed by atoms with van der Waals surface area (Å²) in [5.74, 6) is -0.0656. The lowest BCUT2D eigenvalue weighted by atomic mass is 10.00. The molecule has 1 atom stereocenters. The molecule has 4 nitrogen and oxygen atoms in total. The highest BCUT2D eigenvalue weighted by atomic mass is 79.9. The van der Waals surface area contributed by atoms with E-state index in [-0.39, 0.29) is 17.9 Å². The second-order valence-electron chi connectivity index (χ2n) is 5.23.